The highest BCUT2D eigenvalue weighted by Gasteiger charge is 2.17. The van der Waals surface area contributed by atoms with Crippen LogP contribution in [0.15, 0.2) is 42.5 Å². The van der Waals surface area contributed by atoms with Gasteiger partial charge in [0.15, 0.2) is 11.5 Å². The fraction of sp³-hybridized carbons (Fsp3) is 0.263. The number of rotatable bonds is 6. The van der Waals surface area contributed by atoms with Crippen molar-refractivity contribution in [2.24, 2.45) is 0 Å². The highest BCUT2D eigenvalue weighted by atomic mass is 16.5. The molecule has 0 unspecified atom stereocenters. The standard InChI is InChI=1S/C19H21N3O3/c1-4-22-15-10-6-5-9-14(15)21-17(22)12-20-19(23)13-8-7-11-16(24-2)18(13)25-3/h5-11H,4,12H2,1-3H3,(H,20,23). The number of aryl methyl sites for hydroxylation is 1. The van der Waals surface area contributed by atoms with Crippen molar-refractivity contribution in [3.8, 4) is 11.5 Å². The summed E-state index contributed by atoms with van der Waals surface area (Å²) >= 11 is 0. The number of para-hydroxylation sites is 3. The Balaban J connectivity index is 1.84. The number of methoxy groups -OCH3 is 2. The summed E-state index contributed by atoms with van der Waals surface area (Å²) in [5.74, 6) is 1.53. The zero-order chi connectivity index (χ0) is 17.8. The van der Waals surface area contributed by atoms with Crippen molar-refractivity contribution in [1.82, 2.24) is 14.9 Å². The number of amides is 1. The van der Waals surface area contributed by atoms with Gasteiger partial charge in [0.1, 0.15) is 5.82 Å². The number of nitrogens with zero attached hydrogens (tertiary/aromatic N) is 2. The molecule has 3 rings (SSSR count). The van der Waals surface area contributed by atoms with Gasteiger partial charge in [-0.2, -0.15) is 0 Å². The molecule has 0 aliphatic carbocycles. The molecule has 2 aromatic carbocycles. The monoisotopic (exact) mass is 339 g/mol. The molecule has 0 spiro atoms. The molecule has 1 N–H and O–H groups in total. The van der Waals surface area contributed by atoms with E-state index in [1.165, 1.54) is 7.11 Å². The quantitative estimate of drug-likeness (QED) is 0.750. The highest BCUT2D eigenvalue weighted by Crippen LogP contribution is 2.30. The first-order valence-electron chi connectivity index (χ1n) is 8.13. The first kappa shape index (κ1) is 16.8. The molecule has 130 valence electrons. The van der Waals surface area contributed by atoms with Gasteiger partial charge in [0.2, 0.25) is 0 Å². The molecule has 1 aromatic heterocycles. The average Bonchev–Trinajstić information content (AvgIpc) is 3.02. The van der Waals surface area contributed by atoms with E-state index in [9.17, 15) is 4.79 Å². The summed E-state index contributed by atoms with van der Waals surface area (Å²) < 4.78 is 12.7. The van der Waals surface area contributed by atoms with E-state index in [0.717, 1.165) is 23.4 Å². The fourth-order valence-corrected chi connectivity index (χ4v) is 2.93. The second kappa shape index (κ2) is 7.25. The second-order valence-corrected chi connectivity index (χ2v) is 5.48. The Bertz CT molecular complexity index is 902. The largest absolute Gasteiger partial charge is 0.493 e. The lowest BCUT2D eigenvalue weighted by molar-refractivity contribution is 0.0946. The molecule has 3 aromatic rings. The molecule has 0 bridgehead atoms. The molecule has 0 aliphatic heterocycles. The van der Waals surface area contributed by atoms with Crippen molar-refractivity contribution in [2.45, 2.75) is 20.0 Å². The van der Waals surface area contributed by atoms with E-state index >= 15 is 0 Å². The van der Waals surface area contributed by atoms with Gasteiger partial charge in [-0.15, -0.1) is 0 Å². The first-order valence-corrected chi connectivity index (χ1v) is 8.13. The number of benzene rings is 2. The predicted molar refractivity (Wildman–Crippen MR) is 96.1 cm³/mol. The molecule has 25 heavy (non-hydrogen) atoms. The number of ether oxygens (including phenoxy) is 2. The number of hydrogen-bond acceptors (Lipinski definition) is 4. The van der Waals surface area contributed by atoms with Gasteiger partial charge in [-0.1, -0.05) is 18.2 Å². The Kier molecular flexibility index (Phi) is 4.88. The molecular weight excluding hydrogens is 318 g/mol. The van der Waals surface area contributed by atoms with Crippen LogP contribution in [-0.4, -0.2) is 29.7 Å². The second-order valence-electron chi connectivity index (χ2n) is 5.48. The molecule has 0 saturated heterocycles. The minimum atomic E-state index is -0.231. The van der Waals surface area contributed by atoms with Gasteiger partial charge in [0.25, 0.3) is 5.91 Å². The summed E-state index contributed by atoms with van der Waals surface area (Å²) in [6, 6.07) is 13.2. The molecule has 1 heterocycles. The maximum absolute atomic E-state index is 12.6. The summed E-state index contributed by atoms with van der Waals surface area (Å²) in [6.07, 6.45) is 0. The van der Waals surface area contributed by atoms with Gasteiger partial charge < -0.3 is 19.4 Å². The van der Waals surface area contributed by atoms with Gasteiger partial charge >= 0.3 is 0 Å². The maximum atomic E-state index is 12.6. The summed E-state index contributed by atoms with van der Waals surface area (Å²) in [5.41, 5.74) is 2.42. The molecule has 0 saturated carbocycles. The summed E-state index contributed by atoms with van der Waals surface area (Å²) in [4.78, 5) is 17.2. The van der Waals surface area contributed by atoms with Crippen molar-refractivity contribution >= 4 is 16.9 Å². The van der Waals surface area contributed by atoms with Crippen molar-refractivity contribution < 1.29 is 14.3 Å². The van der Waals surface area contributed by atoms with Crippen LogP contribution < -0.4 is 14.8 Å². The van der Waals surface area contributed by atoms with E-state index in [1.807, 2.05) is 24.3 Å². The third kappa shape index (κ3) is 3.15. The molecule has 1 amide bonds. The Morgan fingerprint density at radius 2 is 1.92 bits per heavy atom. The number of hydrogen-bond donors (Lipinski definition) is 1. The van der Waals surface area contributed by atoms with Gasteiger partial charge in [-0.25, -0.2) is 4.98 Å². The zero-order valence-corrected chi connectivity index (χ0v) is 14.6. The normalized spacial score (nSPS) is 10.7. The van der Waals surface area contributed by atoms with E-state index in [1.54, 1.807) is 25.3 Å². The van der Waals surface area contributed by atoms with E-state index in [4.69, 9.17) is 9.47 Å². The third-order valence-corrected chi connectivity index (χ3v) is 4.10. The van der Waals surface area contributed by atoms with Crippen molar-refractivity contribution in [2.75, 3.05) is 14.2 Å². The van der Waals surface area contributed by atoms with Crippen molar-refractivity contribution in [3.05, 3.63) is 53.9 Å². The number of aromatic nitrogens is 2. The van der Waals surface area contributed by atoms with Gasteiger partial charge in [-0.05, 0) is 31.2 Å². The smallest absolute Gasteiger partial charge is 0.255 e. The molecule has 0 radical (unpaired) electrons. The van der Waals surface area contributed by atoms with E-state index < -0.39 is 0 Å². The minimum absolute atomic E-state index is 0.231. The molecule has 0 aliphatic rings. The number of nitrogens with one attached hydrogen (secondary N) is 1. The van der Waals surface area contributed by atoms with Crippen LogP contribution in [0.3, 0.4) is 0 Å². The number of imidazole rings is 1. The van der Waals surface area contributed by atoms with E-state index in [0.29, 0.717) is 23.6 Å². The molecular formula is C19H21N3O3. The molecule has 6 nitrogen and oxygen atoms in total. The van der Waals surface area contributed by atoms with Crippen LogP contribution in [0.1, 0.15) is 23.1 Å². The van der Waals surface area contributed by atoms with Crippen LogP contribution in [0, 0.1) is 0 Å². The van der Waals surface area contributed by atoms with Crippen LogP contribution in [0.5, 0.6) is 11.5 Å². The first-order chi connectivity index (χ1) is 12.2. The summed E-state index contributed by atoms with van der Waals surface area (Å²) in [5, 5.41) is 2.92. The van der Waals surface area contributed by atoms with Crippen molar-refractivity contribution in [3.63, 3.8) is 0 Å². The van der Waals surface area contributed by atoms with Crippen LogP contribution in [0.25, 0.3) is 11.0 Å². The maximum Gasteiger partial charge on any atom is 0.255 e. The van der Waals surface area contributed by atoms with Crippen LogP contribution in [0.2, 0.25) is 0 Å². The lowest BCUT2D eigenvalue weighted by Crippen LogP contribution is -2.25. The highest BCUT2D eigenvalue weighted by molar-refractivity contribution is 5.97. The molecule has 6 heteroatoms. The summed E-state index contributed by atoms with van der Waals surface area (Å²) in [7, 11) is 3.06. The van der Waals surface area contributed by atoms with Crippen LogP contribution in [0.4, 0.5) is 0 Å². The van der Waals surface area contributed by atoms with E-state index in [-0.39, 0.29) is 5.91 Å². The minimum Gasteiger partial charge on any atom is -0.493 e. The van der Waals surface area contributed by atoms with E-state index in [2.05, 4.69) is 21.8 Å². The lowest BCUT2D eigenvalue weighted by atomic mass is 10.1. The third-order valence-electron chi connectivity index (χ3n) is 4.10. The van der Waals surface area contributed by atoms with Crippen LogP contribution >= 0.6 is 0 Å². The summed E-state index contributed by atoms with van der Waals surface area (Å²) in [6.45, 7) is 3.18. The number of fused-ring (bicyclic) bond motifs is 1. The Labute approximate surface area is 146 Å². The van der Waals surface area contributed by atoms with Crippen LogP contribution in [-0.2, 0) is 13.1 Å². The van der Waals surface area contributed by atoms with Gasteiger partial charge in [-0.3, -0.25) is 4.79 Å². The topological polar surface area (TPSA) is 65.4 Å². The Hall–Kier alpha value is -3.02. The fourth-order valence-electron chi connectivity index (χ4n) is 2.93. The molecule has 0 fully saturated rings. The SMILES string of the molecule is CCn1c(CNC(=O)c2cccc(OC)c2OC)nc2ccccc21. The van der Waals surface area contributed by atoms with Crippen molar-refractivity contribution in [1.29, 1.82) is 0 Å². The number of carbonyl (C=O) groups is 1. The Morgan fingerprint density at radius 1 is 1.12 bits per heavy atom. The van der Waals surface area contributed by atoms with Gasteiger partial charge in [0.05, 0.1) is 37.4 Å². The zero-order valence-electron chi connectivity index (χ0n) is 14.6. The number of carbonyl (C=O) groups excluding carboxylic acids is 1. The lowest BCUT2D eigenvalue weighted by Gasteiger charge is -2.13. The van der Waals surface area contributed by atoms with Gasteiger partial charge in [0, 0.05) is 6.54 Å². The predicted octanol–water partition coefficient (Wildman–Crippen LogP) is 3.00. The molecule has 0 atom stereocenters. The average molecular weight is 339 g/mol. The Morgan fingerprint density at radius 3 is 2.64 bits per heavy atom.